The molecule has 0 amide bonds. The van der Waals surface area contributed by atoms with Crippen LogP contribution in [0.3, 0.4) is 0 Å². The molecule has 0 aliphatic carbocycles. The number of fused-ring (bicyclic) bond motifs is 4. The van der Waals surface area contributed by atoms with Crippen molar-refractivity contribution in [1.82, 2.24) is 0 Å². The number of nitrogen functional groups attached to an aromatic ring is 2. The fraction of sp³-hybridized carbons (Fsp3) is 0.250. The van der Waals surface area contributed by atoms with Gasteiger partial charge in [0.1, 0.15) is 0 Å². The predicted octanol–water partition coefficient (Wildman–Crippen LogP) is 0.484. The second-order valence-electron chi connectivity index (χ2n) is 3.31. The molecule has 0 fully saturated rings. The molecule has 2 aliphatic heterocycles. The molecule has 1 aromatic carbocycles. The summed E-state index contributed by atoms with van der Waals surface area (Å²) < 4.78 is 31.9. The van der Waals surface area contributed by atoms with Gasteiger partial charge in [0.05, 0.1) is 11.4 Å². The fourth-order valence-electron chi connectivity index (χ4n) is 1.43. The Labute approximate surface area is 87.1 Å². The van der Waals surface area contributed by atoms with Crippen LogP contribution < -0.4 is 19.8 Å². The molecule has 0 aromatic heterocycles. The fourth-order valence-corrected chi connectivity index (χ4v) is 2.30. The smallest absolute Gasteiger partial charge is 0.395 e. The molecule has 15 heavy (non-hydrogen) atoms. The predicted molar refractivity (Wildman–Crippen MR) is 54.9 cm³/mol. The Bertz CT molecular complexity index is 478. The van der Waals surface area contributed by atoms with Crippen LogP contribution in [0, 0.1) is 13.8 Å². The lowest BCUT2D eigenvalue weighted by atomic mass is 10.1. The lowest BCUT2D eigenvalue weighted by Crippen LogP contribution is -2.14. The molecule has 2 bridgehead atoms. The third-order valence-corrected chi connectivity index (χ3v) is 3.09. The maximum absolute atomic E-state index is 11.3. The molecule has 0 saturated carbocycles. The summed E-state index contributed by atoms with van der Waals surface area (Å²) in [5.41, 5.74) is 12.8. The Hall–Kier alpha value is -1.63. The molecule has 2 heterocycles. The quantitative estimate of drug-likeness (QED) is 0.628. The lowest BCUT2D eigenvalue weighted by Gasteiger charge is -2.09. The first-order valence-corrected chi connectivity index (χ1v) is 5.49. The van der Waals surface area contributed by atoms with Crippen LogP contribution in [-0.2, 0) is 10.4 Å². The van der Waals surface area contributed by atoms with Gasteiger partial charge in [-0.3, -0.25) is 0 Å². The number of rotatable bonds is 0. The van der Waals surface area contributed by atoms with Gasteiger partial charge in [-0.05, 0) is 13.8 Å². The Morgan fingerprint density at radius 3 is 1.60 bits per heavy atom. The van der Waals surface area contributed by atoms with E-state index in [0.29, 0.717) is 11.1 Å². The Morgan fingerprint density at radius 1 is 0.933 bits per heavy atom. The third kappa shape index (κ3) is 1.27. The van der Waals surface area contributed by atoms with E-state index in [4.69, 9.17) is 11.5 Å². The summed E-state index contributed by atoms with van der Waals surface area (Å²) in [4.78, 5) is 0. The van der Waals surface area contributed by atoms with Crippen LogP contribution in [0.4, 0.5) is 11.4 Å². The number of hydrogen-bond donors (Lipinski definition) is 2. The monoisotopic (exact) mass is 230 g/mol. The first-order valence-electron chi connectivity index (χ1n) is 4.15. The highest BCUT2D eigenvalue weighted by Crippen LogP contribution is 2.45. The van der Waals surface area contributed by atoms with Gasteiger partial charge in [-0.1, -0.05) is 0 Å². The van der Waals surface area contributed by atoms with Crippen molar-refractivity contribution in [3.8, 4) is 11.5 Å². The van der Waals surface area contributed by atoms with Crippen molar-refractivity contribution in [3.05, 3.63) is 11.1 Å². The molecule has 0 unspecified atom stereocenters. The molecule has 0 atom stereocenters. The highest BCUT2D eigenvalue weighted by atomic mass is 32.3. The van der Waals surface area contributed by atoms with Crippen LogP contribution in [0.2, 0.25) is 0 Å². The third-order valence-electron chi connectivity index (χ3n) is 2.35. The highest BCUT2D eigenvalue weighted by molar-refractivity contribution is 7.82. The minimum absolute atomic E-state index is 0.0475. The van der Waals surface area contributed by atoms with Gasteiger partial charge in [0.15, 0.2) is 11.5 Å². The summed E-state index contributed by atoms with van der Waals surface area (Å²) >= 11 is 0. The van der Waals surface area contributed by atoms with Crippen LogP contribution in [0.1, 0.15) is 11.1 Å². The molecular weight excluding hydrogens is 220 g/mol. The van der Waals surface area contributed by atoms with Crippen molar-refractivity contribution in [2.45, 2.75) is 13.8 Å². The number of nitrogens with two attached hydrogens (primary N) is 2. The van der Waals surface area contributed by atoms with Gasteiger partial charge >= 0.3 is 10.4 Å². The lowest BCUT2D eigenvalue weighted by molar-refractivity contribution is 0.400. The summed E-state index contributed by atoms with van der Waals surface area (Å²) in [6.45, 7) is 3.24. The normalized spacial score (nSPS) is 16.7. The van der Waals surface area contributed by atoms with E-state index in [9.17, 15) is 8.42 Å². The van der Waals surface area contributed by atoms with Crippen molar-refractivity contribution < 1.29 is 16.8 Å². The summed E-state index contributed by atoms with van der Waals surface area (Å²) in [6.07, 6.45) is 0. The Balaban J connectivity index is 2.90. The first kappa shape index (κ1) is 9.91. The van der Waals surface area contributed by atoms with Gasteiger partial charge < -0.3 is 19.8 Å². The zero-order valence-electron chi connectivity index (χ0n) is 8.20. The number of anilines is 2. The molecule has 2 aliphatic rings. The highest BCUT2D eigenvalue weighted by Gasteiger charge is 2.31. The van der Waals surface area contributed by atoms with E-state index >= 15 is 0 Å². The van der Waals surface area contributed by atoms with E-state index in [0.717, 1.165) is 0 Å². The molecule has 1 aromatic rings. The standard InChI is InChI=1S/C8H10N2O4S/c1-3-5(9)8-4(2)6(10)7(3)13-15(11,12)14-8/h9-10H2,1-2H3. The van der Waals surface area contributed by atoms with E-state index in [1.807, 2.05) is 0 Å². The van der Waals surface area contributed by atoms with Gasteiger partial charge in [-0.15, -0.1) is 8.42 Å². The molecule has 0 spiro atoms. The maximum Gasteiger partial charge on any atom is 0.501 e. The Kier molecular flexibility index (Phi) is 1.78. The van der Waals surface area contributed by atoms with Gasteiger partial charge in [0.25, 0.3) is 0 Å². The van der Waals surface area contributed by atoms with Crippen LogP contribution in [0.5, 0.6) is 11.5 Å². The number of hydrogen-bond acceptors (Lipinski definition) is 6. The minimum atomic E-state index is -4.10. The van der Waals surface area contributed by atoms with Crippen LogP contribution >= 0.6 is 0 Å². The van der Waals surface area contributed by atoms with E-state index < -0.39 is 10.4 Å². The van der Waals surface area contributed by atoms with E-state index in [1.165, 1.54) is 0 Å². The van der Waals surface area contributed by atoms with Crippen molar-refractivity contribution in [1.29, 1.82) is 0 Å². The molecule has 0 saturated heterocycles. The zero-order valence-corrected chi connectivity index (χ0v) is 9.01. The zero-order chi connectivity index (χ0) is 11.4. The van der Waals surface area contributed by atoms with Gasteiger partial charge in [0.2, 0.25) is 0 Å². The second kappa shape index (κ2) is 2.69. The molecule has 7 heteroatoms. The molecule has 6 nitrogen and oxygen atoms in total. The van der Waals surface area contributed by atoms with Crippen molar-refractivity contribution in [2.24, 2.45) is 0 Å². The summed E-state index contributed by atoms with van der Waals surface area (Å²) in [5.74, 6) is 0.0949. The SMILES string of the molecule is Cc1c(N)c2c(C)c(N)c1OS(=O)(=O)O2. The average molecular weight is 230 g/mol. The van der Waals surface area contributed by atoms with E-state index in [-0.39, 0.29) is 22.9 Å². The average Bonchev–Trinajstić information content (AvgIpc) is 2.29. The van der Waals surface area contributed by atoms with Gasteiger partial charge in [-0.25, -0.2) is 0 Å². The summed E-state index contributed by atoms with van der Waals surface area (Å²) in [5, 5.41) is 0. The van der Waals surface area contributed by atoms with Crippen molar-refractivity contribution in [2.75, 3.05) is 11.5 Å². The Morgan fingerprint density at radius 2 is 1.27 bits per heavy atom. The van der Waals surface area contributed by atoms with Crippen molar-refractivity contribution in [3.63, 3.8) is 0 Å². The topological polar surface area (TPSA) is 105 Å². The molecule has 4 N–H and O–H groups in total. The largest absolute Gasteiger partial charge is 0.501 e. The second-order valence-corrected chi connectivity index (χ2v) is 4.46. The van der Waals surface area contributed by atoms with Crippen molar-refractivity contribution >= 4 is 21.8 Å². The molecular formula is C8H10N2O4S. The molecule has 82 valence electrons. The molecule has 0 radical (unpaired) electrons. The van der Waals surface area contributed by atoms with E-state index in [2.05, 4.69) is 8.37 Å². The van der Waals surface area contributed by atoms with Crippen LogP contribution in [0.25, 0.3) is 0 Å². The van der Waals surface area contributed by atoms with Crippen LogP contribution in [-0.4, -0.2) is 8.42 Å². The minimum Gasteiger partial charge on any atom is -0.395 e. The van der Waals surface area contributed by atoms with Gasteiger partial charge in [-0.2, -0.15) is 0 Å². The molecule has 3 rings (SSSR count). The first-order chi connectivity index (χ1) is 6.83. The van der Waals surface area contributed by atoms with Gasteiger partial charge in [0, 0.05) is 11.1 Å². The maximum atomic E-state index is 11.3. The summed E-state index contributed by atoms with van der Waals surface area (Å²) in [6, 6.07) is 0. The number of benzene rings is 1. The van der Waals surface area contributed by atoms with Crippen LogP contribution in [0.15, 0.2) is 0 Å². The summed E-state index contributed by atoms with van der Waals surface area (Å²) in [7, 11) is -4.10. The van der Waals surface area contributed by atoms with E-state index in [1.54, 1.807) is 13.8 Å².